The molecule has 1 aliphatic rings. The van der Waals surface area contributed by atoms with Crippen molar-refractivity contribution in [2.45, 2.75) is 30.1 Å². The van der Waals surface area contributed by atoms with Crippen LogP contribution in [0.2, 0.25) is 4.34 Å². The Hall–Kier alpha value is -2.39. The lowest BCUT2D eigenvalue weighted by Gasteiger charge is -2.23. The molecule has 0 fully saturated rings. The van der Waals surface area contributed by atoms with Gasteiger partial charge in [0.1, 0.15) is 9.96 Å². The third-order valence-corrected chi connectivity index (χ3v) is 8.33. The van der Waals surface area contributed by atoms with E-state index < -0.39 is 10.0 Å². The fraction of sp³-hybridized carbons (Fsp3) is 0.227. The number of halogens is 1. The molecule has 1 unspecified atom stereocenters. The Labute approximate surface area is 190 Å². The zero-order chi connectivity index (χ0) is 22.2. The molecule has 0 saturated heterocycles. The van der Waals surface area contributed by atoms with Crippen LogP contribution in [0.4, 0.5) is 5.69 Å². The molecule has 1 N–H and O–H groups in total. The maximum Gasteiger partial charge on any atom is 0.258 e. The van der Waals surface area contributed by atoms with Gasteiger partial charge in [0.15, 0.2) is 0 Å². The summed E-state index contributed by atoms with van der Waals surface area (Å²) in [6.45, 7) is 2.12. The minimum atomic E-state index is -3.65. The molecule has 162 valence electrons. The van der Waals surface area contributed by atoms with E-state index >= 15 is 0 Å². The number of hydrogen-bond donors (Lipinski definition) is 1. The van der Waals surface area contributed by atoms with Crippen LogP contribution >= 0.6 is 22.9 Å². The standard InChI is InChI=1S/C22H21ClN2O4S2/c1-14-11-17-4-3-15(13-24-31(27,28)21-10-9-20(23)30-21)12-19(17)25(14)22(26)16-5-7-18(29-2)8-6-16/h3-10,12,14,24H,11,13H2,1-2H3. The Balaban J connectivity index is 1.55. The SMILES string of the molecule is COc1ccc(C(=O)N2c3cc(CNS(=O)(=O)c4ccc(Cl)s4)ccc3CC2C)cc1. The molecular weight excluding hydrogens is 456 g/mol. The van der Waals surface area contributed by atoms with Gasteiger partial charge >= 0.3 is 0 Å². The van der Waals surface area contributed by atoms with Crippen molar-refractivity contribution in [2.75, 3.05) is 12.0 Å². The molecule has 1 atom stereocenters. The molecule has 4 rings (SSSR count). The number of hydrogen-bond acceptors (Lipinski definition) is 5. The van der Waals surface area contributed by atoms with Crippen LogP contribution in [0.5, 0.6) is 5.75 Å². The van der Waals surface area contributed by atoms with Gasteiger partial charge in [-0.2, -0.15) is 0 Å². The van der Waals surface area contributed by atoms with E-state index in [2.05, 4.69) is 4.72 Å². The van der Waals surface area contributed by atoms with Crippen molar-refractivity contribution in [3.05, 3.63) is 75.6 Å². The largest absolute Gasteiger partial charge is 0.497 e. The molecule has 0 spiro atoms. The summed E-state index contributed by atoms with van der Waals surface area (Å²) in [7, 11) is -2.07. The smallest absolute Gasteiger partial charge is 0.258 e. The third kappa shape index (κ3) is 4.48. The average Bonchev–Trinajstić information content (AvgIpc) is 3.34. The maximum absolute atomic E-state index is 13.2. The zero-order valence-electron chi connectivity index (χ0n) is 17.0. The number of rotatable bonds is 6. The van der Waals surface area contributed by atoms with E-state index in [9.17, 15) is 13.2 Å². The van der Waals surface area contributed by atoms with E-state index in [0.717, 1.165) is 34.6 Å². The molecule has 31 heavy (non-hydrogen) atoms. The number of carbonyl (C=O) groups is 1. The number of fused-ring (bicyclic) bond motifs is 1. The number of nitrogens with zero attached hydrogens (tertiary/aromatic N) is 1. The Kier molecular flexibility index (Phi) is 6.07. The van der Waals surface area contributed by atoms with Gasteiger partial charge in [0.05, 0.1) is 11.4 Å². The Bertz CT molecular complexity index is 1220. The second-order valence-electron chi connectivity index (χ2n) is 7.30. The summed E-state index contributed by atoms with van der Waals surface area (Å²) in [5, 5.41) is 0. The van der Waals surface area contributed by atoms with E-state index in [0.29, 0.717) is 15.6 Å². The second-order valence-corrected chi connectivity index (χ2v) is 11.0. The summed E-state index contributed by atoms with van der Waals surface area (Å²) in [5.74, 6) is 0.591. The highest BCUT2D eigenvalue weighted by atomic mass is 35.5. The second kappa shape index (κ2) is 8.63. The topological polar surface area (TPSA) is 75.7 Å². The molecule has 1 amide bonds. The summed E-state index contributed by atoms with van der Waals surface area (Å²) in [6, 6.07) is 15.8. The van der Waals surface area contributed by atoms with Crippen molar-refractivity contribution in [2.24, 2.45) is 0 Å². The van der Waals surface area contributed by atoms with Crippen LogP contribution in [0.25, 0.3) is 0 Å². The lowest BCUT2D eigenvalue weighted by atomic mass is 10.1. The third-order valence-electron chi connectivity index (χ3n) is 5.20. The van der Waals surface area contributed by atoms with E-state index in [4.69, 9.17) is 16.3 Å². The predicted molar refractivity (Wildman–Crippen MR) is 123 cm³/mol. The highest BCUT2D eigenvalue weighted by molar-refractivity contribution is 7.91. The van der Waals surface area contributed by atoms with Gasteiger partial charge in [0.25, 0.3) is 5.91 Å². The minimum Gasteiger partial charge on any atom is -0.497 e. The first-order valence-corrected chi connectivity index (χ1v) is 12.3. The molecule has 0 radical (unpaired) electrons. The van der Waals surface area contributed by atoms with Crippen LogP contribution in [0, 0.1) is 0 Å². The number of sulfonamides is 1. The summed E-state index contributed by atoms with van der Waals surface area (Å²) < 4.78 is 33.3. The van der Waals surface area contributed by atoms with Crippen molar-refractivity contribution in [1.82, 2.24) is 4.72 Å². The molecule has 2 aromatic carbocycles. The number of thiophene rings is 1. The fourth-order valence-corrected chi connectivity index (χ4v) is 6.18. The van der Waals surface area contributed by atoms with Gasteiger partial charge in [-0.1, -0.05) is 23.7 Å². The van der Waals surface area contributed by atoms with Crippen LogP contribution < -0.4 is 14.4 Å². The number of methoxy groups -OCH3 is 1. The van der Waals surface area contributed by atoms with Crippen LogP contribution in [0.15, 0.2) is 58.8 Å². The number of ether oxygens (including phenoxy) is 1. The van der Waals surface area contributed by atoms with Gasteiger partial charge in [-0.05, 0) is 66.9 Å². The molecule has 9 heteroatoms. The molecule has 0 bridgehead atoms. The quantitative estimate of drug-likeness (QED) is 0.569. The van der Waals surface area contributed by atoms with E-state index in [1.807, 2.05) is 25.1 Å². The predicted octanol–water partition coefficient (Wildman–Crippen LogP) is 4.48. The summed E-state index contributed by atoms with van der Waals surface area (Å²) >= 11 is 6.86. The van der Waals surface area contributed by atoms with Crippen LogP contribution in [-0.4, -0.2) is 27.5 Å². The molecular formula is C22H21ClN2O4S2. The van der Waals surface area contributed by atoms with Gasteiger partial charge in [0.2, 0.25) is 10.0 Å². The van der Waals surface area contributed by atoms with Crippen molar-refractivity contribution >= 4 is 44.6 Å². The summed E-state index contributed by atoms with van der Waals surface area (Å²) in [5.41, 5.74) is 3.21. The monoisotopic (exact) mass is 476 g/mol. The van der Waals surface area contributed by atoms with Gasteiger partial charge in [-0.3, -0.25) is 4.79 Å². The van der Waals surface area contributed by atoms with Gasteiger partial charge < -0.3 is 9.64 Å². The molecule has 2 heterocycles. The number of amides is 1. The maximum atomic E-state index is 13.2. The normalized spacial score (nSPS) is 15.7. The Morgan fingerprint density at radius 3 is 2.58 bits per heavy atom. The molecule has 6 nitrogen and oxygen atoms in total. The molecule has 1 aromatic heterocycles. The van der Waals surface area contributed by atoms with Crippen LogP contribution in [0.1, 0.15) is 28.4 Å². The Morgan fingerprint density at radius 1 is 1.19 bits per heavy atom. The first kappa shape index (κ1) is 21.8. The van der Waals surface area contributed by atoms with E-state index in [1.165, 1.54) is 6.07 Å². The average molecular weight is 477 g/mol. The zero-order valence-corrected chi connectivity index (χ0v) is 19.4. The lowest BCUT2D eigenvalue weighted by Crippen LogP contribution is -2.35. The molecule has 1 aliphatic heterocycles. The van der Waals surface area contributed by atoms with Gasteiger partial charge in [-0.25, -0.2) is 13.1 Å². The number of carbonyl (C=O) groups excluding carboxylic acids is 1. The summed E-state index contributed by atoms with van der Waals surface area (Å²) in [4.78, 5) is 15.0. The number of benzene rings is 2. The number of nitrogens with one attached hydrogen (secondary N) is 1. The van der Waals surface area contributed by atoms with Crippen molar-refractivity contribution in [1.29, 1.82) is 0 Å². The first-order valence-electron chi connectivity index (χ1n) is 9.63. The van der Waals surface area contributed by atoms with Crippen LogP contribution in [0.3, 0.4) is 0 Å². The lowest BCUT2D eigenvalue weighted by molar-refractivity contribution is 0.0981. The molecule has 0 aliphatic carbocycles. The minimum absolute atomic E-state index is 0.00445. The first-order chi connectivity index (χ1) is 14.8. The van der Waals surface area contributed by atoms with Crippen molar-refractivity contribution < 1.29 is 17.9 Å². The van der Waals surface area contributed by atoms with Crippen molar-refractivity contribution in [3.63, 3.8) is 0 Å². The van der Waals surface area contributed by atoms with Crippen LogP contribution in [-0.2, 0) is 23.0 Å². The highest BCUT2D eigenvalue weighted by Gasteiger charge is 2.32. The van der Waals surface area contributed by atoms with Gasteiger partial charge in [0, 0.05) is 23.8 Å². The fourth-order valence-electron chi connectivity index (χ4n) is 3.64. The van der Waals surface area contributed by atoms with E-state index in [-0.39, 0.29) is 22.7 Å². The van der Waals surface area contributed by atoms with E-state index in [1.54, 1.807) is 42.3 Å². The number of anilines is 1. The Morgan fingerprint density at radius 2 is 1.94 bits per heavy atom. The summed E-state index contributed by atoms with van der Waals surface area (Å²) in [6.07, 6.45) is 0.747. The highest BCUT2D eigenvalue weighted by Crippen LogP contribution is 2.34. The molecule has 3 aromatic rings. The van der Waals surface area contributed by atoms with Crippen molar-refractivity contribution in [3.8, 4) is 5.75 Å². The molecule has 0 saturated carbocycles. The van der Waals surface area contributed by atoms with Gasteiger partial charge in [-0.15, -0.1) is 11.3 Å².